The van der Waals surface area contributed by atoms with E-state index in [4.69, 9.17) is 9.98 Å². The zero-order valence-corrected chi connectivity index (χ0v) is 16.0. The Morgan fingerprint density at radius 1 is 1.39 bits per heavy atom. The van der Waals surface area contributed by atoms with Gasteiger partial charge in [0.2, 0.25) is 5.88 Å². The molecule has 0 radical (unpaired) electrons. The number of nitrogens with zero attached hydrogens (tertiary/aromatic N) is 4. The number of rotatable bonds is 4. The second kappa shape index (κ2) is 6.45. The molecule has 1 aliphatic rings. The average Bonchev–Trinajstić information content (AvgIpc) is 3.08. The van der Waals surface area contributed by atoms with Crippen molar-refractivity contribution in [3.05, 3.63) is 55.5 Å². The summed E-state index contributed by atoms with van der Waals surface area (Å²) in [5, 5.41) is 17.1. The van der Waals surface area contributed by atoms with Crippen LogP contribution in [0.1, 0.15) is 30.3 Å². The summed E-state index contributed by atoms with van der Waals surface area (Å²) in [6.45, 7) is 2.13. The van der Waals surface area contributed by atoms with Crippen LogP contribution in [0.4, 0.5) is 0 Å². The number of fused-ring (bicyclic) bond motifs is 1. The minimum Gasteiger partial charge on any atom is -0.493 e. The number of hydrogen-bond donors (Lipinski definition) is 3. The Labute approximate surface area is 162 Å². The number of hydrogen-bond acceptors (Lipinski definition) is 6. The lowest BCUT2D eigenvalue weighted by atomic mass is 10.2. The molecule has 1 saturated carbocycles. The monoisotopic (exact) mass is 394 g/mol. The Morgan fingerprint density at radius 3 is 2.93 bits per heavy atom. The molecule has 3 N–H and O–H groups in total. The van der Waals surface area contributed by atoms with Gasteiger partial charge >= 0.3 is 5.69 Å². The predicted octanol–water partition coefficient (Wildman–Crippen LogP) is 1.35. The van der Waals surface area contributed by atoms with Crippen molar-refractivity contribution in [2.75, 3.05) is 0 Å². The normalized spacial score (nSPS) is 15.8. The van der Waals surface area contributed by atoms with Gasteiger partial charge in [0.15, 0.2) is 11.1 Å². The van der Waals surface area contributed by atoms with E-state index in [1.807, 2.05) is 6.07 Å². The topological polar surface area (TPSA) is 111 Å². The van der Waals surface area contributed by atoms with Gasteiger partial charge in [0.25, 0.3) is 0 Å². The van der Waals surface area contributed by atoms with E-state index in [2.05, 4.69) is 33.4 Å². The first-order chi connectivity index (χ1) is 13.6. The van der Waals surface area contributed by atoms with Gasteiger partial charge in [0.1, 0.15) is 5.69 Å². The van der Waals surface area contributed by atoms with E-state index < -0.39 is 5.69 Å². The maximum Gasteiger partial charge on any atom is 0.326 e. The molecule has 4 heterocycles. The molecule has 5 rings (SSSR count). The van der Waals surface area contributed by atoms with Gasteiger partial charge in [-0.1, -0.05) is 6.92 Å². The number of aromatic nitrogens is 5. The van der Waals surface area contributed by atoms with E-state index in [9.17, 15) is 9.90 Å². The van der Waals surface area contributed by atoms with Gasteiger partial charge in [0, 0.05) is 27.1 Å². The van der Waals surface area contributed by atoms with E-state index in [1.165, 1.54) is 4.88 Å². The lowest BCUT2D eigenvalue weighted by Gasteiger charge is -2.01. The largest absolute Gasteiger partial charge is 0.493 e. The lowest BCUT2D eigenvalue weighted by molar-refractivity contribution is 0.454. The van der Waals surface area contributed by atoms with Crippen LogP contribution in [-0.4, -0.2) is 35.7 Å². The average molecular weight is 394 g/mol. The van der Waals surface area contributed by atoms with E-state index >= 15 is 0 Å². The molecule has 0 aromatic carbocycles. The number of imidazole rings is 1. The van der Waals surface area contributed by atoms with Crippen molar-refractivity contribution in [2.24, 2.45) is 4.99 Å². The van der Waals surface area contributed by atoms with Gasteiger partial charge in [-0.3, -0.25) is 9.98 Å². The van der Waals surface area contributed by atoms with E-state index in [-0.39, 0.29) is 11.6 Å². The predicted molar refractivity (Wildman–Crippen MR) is 106 cm³/mol. The van der Waals surface area contributed by atoms with Crippen LogP contribution in [0.25, 0.3) is 23.0 Å². The Balaban J connectivity index is 1.76. The Morgan fingerprint density at radius 2 is 2.25 bits per heavy atom. The number of nitrogens with one attached hydrogen (secondary N) is 2. The quantitative estimate of drug-likeness (QED) is 0.485. The second-order valence-electron chi connectivity index (χ2n) is 6.84. The molecule has 4 aromatic heterocycles. The van der Waals surface area contributed by atoms with E-state index in [1.54, 1.807) is 28.1 Å². The fraction of sp³-hybridized carbons (Fsp3) is 0.263. The second-order valence-corrected chi connectivity index (χ2v) is 7.83. The maximum atomic E-state index is 11.4. The maximum absolute atomic E-state index is 11.4. The third-order valence-electron chi connectivity index (χ3n) is 4.68. The Hall–Kier alpha value is -3.20. The first kappa shape index (κ1) is 16.9. The molecule has 0 bridgehead atoms. The van der Waals surface area contributed by atoms with Crippen LogP contribution in [0.5, 0.6) is 5.88 Å². The van der Waals surface area contributed by atoms with Gasteiger partial charge < -0.3 is 10.1 Å². The molecule has 0 unspecified atom stereocenters. The van der Waals surface area contributed by atoms with Crippen molar-refractivity contribution in [2.45, 2.75) is 32.2 Å². The number of thiophene rings is 1. The minimum atomic E-state index is -0.469. The lowest BCUT2D eigenvalue weighted by Crippen LogP contribution is -2.19. The van der Waals surface area contributed by atoms with Gasteiger partial charge in [-0.25, -0.2) is 9.78 Å². The molecule has 8 nitrogen and oxygen atoms in total. The fourth-order valence-corrected chi connectivity index (χ4v) is 3.87. The third-order valence-corrected chi connectivity index (χ3v) is 5.76. The molecule has 9 heteroatoms. The molecule has 28 heavy (non-hydrogen) atoms. The minimum absolute atomic E-state index is 0.214. The summed E-state index contributed by atoms with van der Waals surface area (Å²) >= 11 is 1.72. The van der Waals surface area contributed by atoms with Crippen LogP contribution in [0, 0.1) is 0 Å². The highest BCUT2D eigenvalue weighted by molar-refractivity contribution is 7.10. The summed E-state index contributed by atoms with van der Waals surface area (Å²) in [7, 11) is 0. The summed E-state index contributed by atoms with van der Waals surface area (Å²) in [5.41, 5.74) is 3.10. The number of aromatic amines is 2. The molecule has 142 valence electrons. The molecular formula is C19H18N6O2S. The van der Waals surface area contributed by atoms with Crippen molar-refractivity contribution in [1.82, 2.24) is 24.6 Å². The van der Waals surface area contributed by atoms with Crippen molar-refractivity contribution < 1.29 is 5.11 Å². The van der Waals surface area contributed by atoms with Gasteiger partial charge in [0.05, 0.1) is 17.9 Å². The van der Waals surface area contributed by atoms with Crippen molar-refractivity contribution in [3.8, 4) is 17.1 Å². The molecule has 0 amide bonds. The molecule has 1 aliphatic carbocycles. The molecule has 4 aromatic rings. The summed E-state index contributed by atoms with van der Waals surface area (Å²) in [5.74, 6) is -0.214. The van der Waals surface area contributed by atoms with E-state index in [0.717, 1.165) is 36.0 Å². The van der Waals surface area contributed by atoms with Crippen LogP contribution in [0.15, 0.2) is 33.5 Å². The van der Waals surface area contributed by atoms with Crippen molar-refractivity contribution >= 4 is 23.1 Å². The first-order valence-corrected chi connectivity index (χ1v) is 10.0. The SMILES string of the molecule is CCc1cc(-c2cc(=NC3CC3)n3ncc(=Cc4[nH]c(=O)[nH]c4O)c3n2)cs1. The zero-order chi connectivity index (χ0) is 19.3. The number of H-pyrrole nitrogens is 2. The molecule has 0 atom stereocenters. The molecule has 0 spiro atoms. The van der Waals surface area contributed by atoms with Gasteiger partial charge in [-0.2, -0.15) is 9.61 Å². The third kappa shape index (κ3) is 3.03. The number of aryl methyl sites for hydroxylation is 1. The summed E-state index contributed by atoms with van der Waals surface area (Å²) in [6, 6.07) is 4.47. The summed E-state index contributed by atoms with van der Waals surface area (Å²) in [4.78, 5) is 27.2. The molecular weight excluding hydrogens is 376 g/mol. The summed E-state index contributed by atoms with van der Waals surface area (Å²) in [6.07, 6.45) is 6.48. The number of aromatic hydroxyl groups is 1. The highest BCUT2D eigenvalue weighted by Gasteiger charge is 2.20. The summed E-state index contributed by atoms with van der Waals surface area (Å²) < 4.78 is 1.71. The van der Waals surface area contributed by atoms with Crippen LogP contribution >= 0.6 is 11.3 Å². The standard InChI is InChI=1S/C19H18N6O2S/c1-2-13-5-11(9-28-13)14-7-16(21-12-3-4-12)25-17(22-14)10(8-20-25)6-15-18(26)24-19(27)23-15/h5-9,12,26H,2-4H2,1H3,(H2,23,24,27). The highest BCUT2D eigenvalue weighted by Crippen LogP contribution is 2.25. The van der Waals surface area contributed by atoms with Crippen molar-refractivity contribution in [1.29, 1.82) is 0 Å². The fourth-order valence-electron chi connectivity index (χ4n) is 3.04. The van der Waals surface area contributed by atoms with Gasteiger partial charge in [-0.15, -0.1) is 11.3 Å². The first-order valence-electron chi connectivity index (χ1n) is 9.14. The van der Waals surface area contributed by atoms with Crippen molar-refractivity contribution in [3.63, 3.8) is 0 Å². The van der Waals surface area contributed by atoms with Crippen LogP contribution in [-0.2, 0) is 6.42 Å². The molecule has 1 fully saturated rings. The molecule has 0 aliphatic heterocycles. The zero-order valence-electron chi connectivity index (χ0n) is 15.1. The highest BCUT2D eigenvalue weighted by atomic mass is 32.1. The molecule has 0 saturated heterocycles. The smallest absolute Gasteiger partial charge is 0.326 e. The van der Waals surface area contributed by atoms with Crippen LogP contribution < -0.4 is 16.4 Å². The Bertz CT molecular complexity index is 1360. The van der Waals surface area contributed by atoms with Crippen LogP contribution in [0.2, 0.25) is 0 Å². The van der Waals surface area contributed by atoms with Gasteiger partial charge in [-0.05, 0) is 31.4 Å². The van der Waals surface area contributed by atoms with E-state index in [0.29, 0.717) is 16.9 Å². The van der Waals surface area contributed by atoms with Crippen LogP contribution in [0.3, 0.4) is 0 Å². The Kier molecular flexibility index (Phi) is 3.90.